The summed E-state index contributed by atoms with van der Waals surface area (Å²) in [6, 6.07) is -0.412. The molecule has 0 aromatic carbocycles. The normalized spacial score (nSPS) is 22.2. The zero-order chi connectivity index (χ0) is 11.5. The van der Waals surface area contributed by atoms with Gasteiger partial charge < -0.3 is 15.4 Å². The van der Waals surface area contributed by atoms with E-state index in [1.807, 2.05) is 0 Å². The number of rotatable bonds is 1. The van der Waals surface area contributed by atoms with Crippen LogP contribution in [0, 0.1) is 5.41 Å². The van der Waals surface area contributed by atoms with Crippen molar-refractivity contribution in [3.05, 3.63) is 0 Å². The maximum atomic E-state index is 11.5. The number of carbonyl (C=O) groups is 2. The van der Waals surface area contributed by atoms with Gasteiger partial charge >= 0.3 is 11.9 Å². The van der Waals surface area contributed by atoms with Crippen LogP contribution < -0.4 is 10.6 Å². The van der Waals surface area contributed by atoms with Gasteiger partial charge in [0.05, 0.1) is 5.41 Å². The molecule has 1 fully saturated rings. The van der Waals surface area contributed by atoms with E-state index in [1.165, 1.54) is 0 Å². The van der Waals surface area contributed by atoms with Gasteiger partial charge in [-0.05, 0) is 20.8 Å². The monoisotopic (exact) mass is 214 g/mol. The molecule has 0 aliphatic carbocycles. The van der Waals surface area contributed by atoms with Crippen molar-refractivity contribution in [1.29, 1.82) is 0 Å². The molecule has 1 aliphatic heterocycles. The molecule has 1 heterocycles. The van der Waals surface area contributed by atoms with Crippen LogP contribution in [0.5, 0.6) is 0 Å². The van der Waals surface area contributed by atoms with Crippen LogP contribution in [0.25, 0.3) is 0 Å². The van der Waals surface area contributed by atoms with Gasteiger partial charge in [0.2, 0.25) is 0 Å². The van der Waals surface area contributed by atoms with Crippen LogP contribution in [-0.4, -0.2) is 37.6 Å². The predicted molar refractivity (Wildman–Crippen MR) is 55.2 cm³/mol. The molecular formula is C10H18N2O3. The summed E-state index contributed by atoms with van der Waals surface area (Å²) >= 11 is 0. The minimum absolute atomic E-state index is 0.412. The molecule has 0 amide bonds. The van der Waals surface area contributed by atoms with Gasteiger partial charge in [0.15, 0.2) is 0 Å². The van der Waals surface area contributed by atoms with Crippen LogP contribution in [0.15, 0.2) is 0 Å². The van der Waals surface area contributed by atoms with Crippen LogP contribution in [0.3, 0.4) is 0 Å². The van der Waals surface area contributed by atoms with Crippen molar-refractivity contribution in [2.45, 2.75) is 26.8 Å². The summed E-state index contributed by atoms with van der Waals surface area (Å²) in [5.41, 5.74) is -0.641. The van der Waals surface area contributed by atoms with Gasteiger partial charge in [-0.25, -0.2) is 4.79 Å². The van der Waals surface area contributed by atoms with Crippen molar-refractivity contribution < 1.29 is 14.3 Å². The van der Waals surface area contributed by atoms with Crippen molar-refractivity contribution in [2.75, 3.05) is 19.6 Å². The first-order valence-corrected chi connectivity index (χ1v) is 5.11. The van der Waals surface area contributed by atoms with E-state index in [-0.39, 0.29) is 0 Å². The first-order valence-electron chi connectivity index (χ1n) is 5.11. The molecule has 15 heavy (non-hydrogen) atoms. The molecule has 1 unspecified atom stereocenters. The summed E-state index contributed by atoms with van der Waals surface area (Å²) in [6.07, 6.45) is 0. The molecule has 5 heteroatoms. The topological polar surface area (TPSA) is 67.4 Å². The van der Waals surface area contributed by atoms with E-state index >= 15 is 0 Å². The van der Waals surface area contributed by atoms with Crippen molar-refractivity contribution in [2.24, 2.45) is 5.41 Å². The standard InChI is InChI=1S/C10H18N2O3/c1-10(2,3)9(14)15-8(13)7-6-11-4-5-12-7/h7,11-12H,4-6H2,1-3H3. The van der Waals surface area contributed by atoms with Gasteiger partial charge in [0, 0.05) is 19.6 Å². The van der Waals surface area contributed by atoms with Crippen LogP contribution in [-0.2, 0) is 14.3 Å². The van der Waals surface area contributed by atoms with Crippen molar-refractivity contribution in [3.8, 4) is 0 Å². The van der Waals surface area contributed by atoms with Crippen molar-refractivity contribution in [3.63, 3.8) is 0 Å². The fraction of sp³-hybridized carbons (Fsp3) is 0.800. The Balaban J connectivity index is 2.44. The summed E-state index contributed by atoms with van der Waals surface area (Å²) in [5, 5.41) is 6.04. The molecule has 1 rings (SSSR count). The number of esters is 2. The second kappa shape index (κ2) is 4.72. The smallest absolute Gasteiger partial charge is 0.332 e. The second-order valence-electron chi connectivity index (χ2n) is 4.67. The molecule has 0 spiro atoms. The number of nitrogens with one attached hydrogen (secondary N) is 2. The van der Waals surface area contributed by atoms with Gasteiger partial charge in [-0.15, -0.1) is 0 Å². The van der Waals surface area contributed by atoms with E-state index in [9.17, 15) is 9.59 Å². The van der Waals surface area contributed by atoms with Crippen molar-refractivity contribution in [1.82, 2.24) is 10.6 Å². The Morgan fingerprint density at radius 2 is 1.93 bits per heavy atom. The highest BCUT2D eigenvalue weighted by Gasteiger charge is 2.29. The Morgan fingerprint density at radius 1 is 1.27 bits per heavy atom. The zero-order valence-corrected chi connectivity index (χ0v) is 9.42. The quantitative estimate of drug-likeness (QED) is 0.462. The largest absolute Gasteiger partial charge is 0.392 e. The van der Waals surface area contributed by atoms with E-state index < -0.39 is 23.4 Å². The Bertz CT molecular complexity index is 252. The summed E-state index contributed by atoms with van der Waals surface area (Å²) in [5.74, 6) is -0.984. The fourth-order valence-corrected chi connectivity index (χ4v) is 1.14. The third kappa shape index (κ3) is 3.60. The average molecular weight is 214 g/mol. The van der Waals surface area contributed by atoms with E-state index in [0.29, 0.717) is 13.1 Å². The van der Waals surface area contributed by atoms with Crippen LogP contribution >= 0.6 is 0 Å². The van der Waals surface area contributed by atoms with Crippen molar-refractivity contribution >= 4 is 11.9 Å². The molecule has 0 bridgehead atoms. The Labute approximate surface area is 89.6 Å². The zero-order valence-electron chi connectivity index (χ0n) is 9.42. The fourth-order valence-electron chi connectivity index (χ4n) is 1.14. The van der Waals surface area contributed by atoms with Crippen LogP contribution in [0.2, 0.25) is 0 Å². The van der Waals surface area contributed by atoms with Crippen LogP contribution in [0.4, 0.5) is 0 Å². The van der Waals surface area contributed by atoms with Gasteiger partial charge in [-0.2, -0.15) is 0 Å². The Hall–Kier alpha value is -0.940. The number of piperazine rings is 1. The lowest BCUT2D eigenvalue weighted by Crippen LogP contribution is -2.53. The highest BCUT2D eigenvalue weighted by molar-refractivity contribution is 5.90. The first-order chi connectivity index (χ1) is 6.91. The summed E-state index contributed by atoms with van der Waals surface area (Å²) in [6.45, 7) is 7.20. The highest BCUT2D eigenvalue weighted by Crippen LogP contribution is 2.15. The average Bonchev–Trinajstić information content (AvgIpc) is 2.17. The first kappa shape index (κ1) is 12.1. The number of carbonyl (C=O) groups excluding carboxylic acids is 2. The molecular weight excluding hydrogens is 196 g/mol. The van der Waals surface area contributed by atoms with Crippen LogP contribution in [0.1, 0.15) is 20.8 Å². The van der Waals surface area contributed by atoms with Gasteiger partial charge in [-0.1, -0.05) is 0 Å². The van der Waals surface area contributed by atoms with Gasteiger partial charge in [-0.3, -0.25) is 4.79 Å². The Kier molecular flexibility index (Phi) is 3.82. The van der Waals surface area contributed by atoms with E-state index in [2.05, 4.69) is 10.6 Å². The number of ether oxygens (including phenoxy) is 1. The molecule has 1 saturated heterocycles. The molecule has 0 aromatic heterocycles. The second-order valence-corrected chi connectivity index (χ2v) is 4.67. The van der Waals surface area contributed by atoms with Gasteiger partial charge in [0.1, 0.15) is 6.04 Å². The van der Waals surface area contributed by atoms with E-state index in [1.54, 1.807) is 20.8 Å². The number of hydrogen-bond acceptors (Lipinski definition) is 5. The minimum atomic E-state index is -0.641. The third-order valence-corrected chi connectivity index (χ3v) is 2.13. The maximum absolute atomic E-state index is 11.5. The number of hydrogen-bond donors (Lipinski definition) is 2. The molecule has 0 radical (unpaired) electrons. The molecule has 1 aliphatic rings. The lowest BCUT2D eigenvalue weighted by Gasteiger charge is -2.23. The maximum Gasteiger partial charge on any atom is 0.332 e. The van der Waals surface area contributed by atoms with E-state index in [4.69, 9.17) is 4.74 Å². The third-order valence-electron chi connectivity index (χ3n) is 2.13. The summed E-state index contributed by atoms with van der Waals surface area (Å²) in [7, 11) is 0. The molecule has 0 aromatic rings. The molecule has 5 nitrogen and oxygen atoms in total. The highest BCUT2D eigenvalue weighted by atomic mass is 16.6. The lowest BCUT2D eigenvalue weighted by atomic mass is 9.97. The molecule has 0 saturated carbocycles. The predicted octanol–water partition coefficient (Wildman–Crippen LogP) is -0.336. The summed E-state index contributed by atoms with van der Waals surface area (Å²) < 4.78 is 4.77. The minimum Gasteiger partial charge on any atom is -0.392 e. The molecule has 86 valence electrons. The SMILES string of the molecule is CC(C)(C)C(=O)OC(=O)C1CNCCN1. The lowest BCUT2D eigenvalue weighted by molar-refractivity contribution is -0.167. The summed E-state index contributed by atoms with van der Waals surface area (Å²) in [4.78, 5) is 22.9. The Morgan fingerprint density at radius 3 is 2.40 bits per heavy atom. The molecule has 2 N–H and O–H groups in total. The molecule has 1 atom stereocenters. The van der Waals surface area contributed by atoms with Gasteiger partial charge in [0.25, 0.3) is 0 Å². The van der Waals surface area contributed by atoms with E-state index in [0.717, 1.165) is 6.54 Å².